The molecule has 0 heterocycles. The Morgan fingerprint density at radius 1 is 1.42 bits per heavy atom. The summed E-state index contributed by atoms with van der Waals surface area (Å²) in [4.78, 5) is 12.1. The van der Waals surface area contributed by atoms with Crippen LogP contribution in [0.5, 0.6) is 0 Å². The maximum Gasteiger partial charge on any atom is 0.252 e. The minimum atomic E-state index is -1.65. The zero-order chi connectivity index (χ0) is 14.5. The molecule has 0 aliphatic carbocycles. The Balaban J connectivity index is 2.82. The van der Waals surface area contributed by atoms with Gasteiger partial charge in [-0.1, -0.05) is 59.1 Å². The Hall–Kier alpha value is -0.740. The van der Waals surface area contributed by atoms with Crippen molar-refractivity contribution in [3.05, 3.63) is 48.0 Å². The molecule has 1 rings (SSSR count). The molecule has 1 aromatic rings. The summed E-state index contributed by atoms with van der Waals surface area (Å²) in [7, 11) is 0. The maximum absolute atomic E-state index is 12.1. The number of aryl methyl sites for hydroxylation is 1. The predicted octanol–water partition coefficient (Wildman–Crippen LogP) is 3.20. The molecule has 0 aromatic heterocycles. The highest BCUT2D eigenvalue weighted by Gasteiger charge is 2.33. The van der Waals surface area contributed by atoms with Crippen LogP contribution in [0.2, 0.25) is 0 Å². The van der Waals surface area contributed by atoms with E-state index in [2.05, 4.69) is 17.2 Å². The van der Waals surface area contributed by atoms with Gasteiger partial charge in [-0.2, -0.15) is 0 Å². The third kappa shape index (κ3) is 5.03. The molecule has 0 saturated carbocycles. The van der Waals surface area contributed by atoms with E-state index >= 15 is 0 Å². The topological polar surface area (TPSA) is 41.1 Å². The molecule has 1 unspecified atom stereocenters. The summed E-state index contributed by atoms with van der Waals surface area (Å²) < 4.78 is -1.65. The second kappa shape index (κ2) is 7.15. The molecule has 0 saturated heterocycles. The predicted molar refractivity (Wildman–Crippen MR) is 80.9 cm³/mol. The van der Waals surface area contributed by atoms with Crippen molar-refractivity contribution >= 4 is 40.7 Å². The van der Waals surface area contributed by atoms with E-state index in [0.29, 0.717) is 12.1 Å². The maximum atomic E-state index is 12.1. The lowest BCUT2D eigenvalue weighted by Gasteiger charge is -2.26. The second-order valence-corrected chi connectivity index (χ2v) is 6.33. The summed E-state index contributed by atoms with van der Waals surface area (Å²) >= 11 is 17.5. The van der Waals surface area contributed by atoms with Gasteiger partial charge < -0.3 is 5.32 Å². The number of amides is 1. The van der Waals surface area contributed by atoms with Gasteiger partial charge in [-0.3, -0.25) is 10.1 Å². The fraction of sp³-hybridized carbons (Fsp3) is 0.308. The highest BCUT2D eigenvalue weighted by atomic mass is 35.6. The second-order valence-electron chi connectivity index (χ2n) is 3.96. The van der Waals surface area contributed by atoms with Crippen molar-refractivity contribution in [1.82, 2.24) is 10.6 Å². The molecular formula is C13H15Cl3N2O. The summed E-state index contributed by atoms with van der Waals surface area (Å²) in [6, 6.07) is 7.20. The highest BCUT2D eigenvalue weighted by Crippen LogP contribution is 2.29. The van der Waals surface area contributed by atoms with E-state index in [4.69, 9.17) is 34.8 Å². The van der Waals surface area contributed by atoms with Crippen molar-refractivity contribution < 1.29 is 4.79 Å². The Labute approximate surface area is 127 Å². The van der Waals surface area contributed by atoms with Crippen LogP contribution in [0.4, 0.5) is 0 Å². The van der Waals surface area contributed by atoms with Crippen LogP contribution in [0.25, 0.3) is 0 Å². The van der Waals surface area contributed by atoms with E-state index in [9.17, 15) is 4.79 Å². The average molecular weight is 322 g/mol. The number of hydrogen-bond acceptors (Lipinski definition) is 2. The third-order valence-electron chi connectivity index (χ3n) is 2.46. The van der Waals surface area contributed by atoms with Gasteiger partial charge in [-0.15, -0.1) is 6.58 Å². The Bertz CT molecular complexity index is 457. The third-order valence-corrected chi connectivity index (χ3v) is 3.11. The lowest BCUT2D eigenvalue weighted by molar-refractivity contribution is 0.0930. The quantitative estimate of drug-likeness (QED) is 0.497. The van der Waals surface area contributed by atoms with Crippen LogP contribution in [0.15, 0.2) is 36.9 Å². The average Bonchev–Trinajstić information content (AvgIpc) is 2.33. The highest BCUT2D eigenvalue weighted by molar-refractivity contribution is 6.68. The van der Waals surface area contributed by atoms with Crippen molar-refractivity contribution in [2.24, 2.45) is 0 Å². The van der Waals surface area contributed by atoms with Gasteiger partial charge in [0.25, 0.3) is 5.91 Å². The molecule has 104 valence electrons. The van der Waals surface area contributed by atoms with Gasteiger partial charge in [0.05, 0.1) is 0 Å². The fourth-order valence-electron chi connectivity index (χ4n) is 1.49. The van der Waals surface area contributed by atoms with Gasteiger partial charge in [0, 0.05) is 12.1 Å². The molecule has 1 amide bonds. The number of benzene rings is 1. The van der Waals surface area contributed by atoms with Crippen LogP contribution in [0.1, 0.15) is 15.9 Å². The molecule has 0 spiro atoms. The minimum Gasteiger partial charge on any atom is -0.333 e. The van der Waals surface area contributed by atoms with Crippen molar-refractivity contribution in [3.8, 4) is 0 Å². The number of carbonyl (C=O) groups excluding carboxylic acids is 1. The van der Waals surface area contributed by atoms with Gasteiger partial charge in [-0.25, -0.2) is 0 Å². The number of alkyl halides is 3. The number of rotatable bonds is 5. The van der Waals surface area contributed by atoms with E-state index in [1.165, 1.54) is 0 Å². The summed E-state index contributed by atoms with van der Waals surface area (Å²) in [5.41, 5.74) is 1.40. The van der Waals surface area contributed by atoms with E-state index in [0.717, 1.165) is 5.56 Å². The number of carbonyl (C=O) groups is 1. The van der Waals surface area contributed by atoms with Crippen LogP contribution in [0, 0.1) is 6.92 Å². The van der Waals surface area contributed by atoms with Crippen molar-refractivity contribution in [3.63, 3.8) is 0 Å². The molecule has 0 fully saturated rings. The summed E-state index contributed by atoms with van der Waals surface area (Å²) in [5, 5.41) is 5.54. The molecule has 3 nitrogen and oxygen atoms in total. The molecule has 6 heteroatoms. The first-order chi connectivity index (χ1) is 8.86. The van der Waals surface area contributed by atoms with Gasteiger partial charge in [0.1, 0.15) is 6.17 Å². The molecule has 0 bridgehead atoms. The molecule has 0 aliphatic rings. The minimum absolute atomic E-state index is 0.300. The lowest BCUT2D eigenvalue weighted by atomic mass is 10.1. The smallest absolute Gasteiger partial charge is 0.252 e. The van der Waals surface area contributed by atoms with E-state index in [1.807, 2.05) is 19.1 Å². The monoisotopic (exact) mass is 320 g/mol. The van der Waals surface area contributed by atoms with Crippen LogP contribution < -0.4 is 10.6 Å². The molecule has 2 N–H and O–H groups in total. The summed E-state index contributed by atoms with van der Waals surface area (Å²) in [6.07, 6.45) is 0.811. The van der Waals surface area contributed by atoms with E-state index in [-0.39, 0.29) is 5.91 Å². The van der Waals surface area contributed by atoms with E-state index in [1.54, 1.807) is 18.2 Å². The Morgan fingerprint density at radius 3 is 2.58 bits per heavy atom. The Morgan fingerprint density at radius 2 is 2.05 bits per heavy atom. The van der Waals surface area contributed by atoms with Crippen LogP contribution in [-0.2, 0) is 0 Å². The molecule has 1 aromatic carbocycles. The molecule has 19 heavy (non-hydrogen) atoms. The molecule has 1 atom stereocenters. The summed E-state index contributed by atoms with van der Waals surface area (Å²) in [5.74, 6) is -0.300. The molecular weight excluding hydrogens is 307 g/mol. The van der Waals surface area contributed by atoms with Crippen LogP contribution in [0.3, 0.4) is 0 Å². The number of halogens is 3. The van der Waals surface area contributed by atoms with Gasteiger partial charge >= 0.3 is 0 Å². The number of nitrogens with one attached hydrogen (secondary N) is 2. The molecule has 0 radical (unpaired) electrons. The largest absolute Gasteiger partial charge is 0.333 e. The van der Waals surface area contributed by atoms with E-state index < -0.39 is 9.96 Å². The first kappa shape index (κ1) is 16.3. The van der Waals surface area contributed by atoms with Gasteiger partial charge in [-0.05, 0) is 18.6 Å². The van der Waals surface area contributed by atoms with Gasteiger partial charge in [0.2, 0.25) is 3.79 Å². The first-order valence-electron chi connectivity index (χ1n) is 5.63. The zero-order valence-corrected chi connectivity index (χ0v) is 12.7. The summed E-state index contributed by atoms with van der Waals surface area (Å²) in [6.45, 7) is 5.81. The van der Waals surface area contributed by atoms with Crippen molar-refractivity contribution in [2.75, 3.05) is 6.54 Å². The van der Waals surface area contributed by atoms with Crippen LogP contribution in [-0.4, -0.2) is 22.4 Å². The normalized spacial score (nSPS) is 12.8. The van der Waals surface area contributed by atoms with Gasteiger partial charge in [0.15, 0.2) is 0 Å². The lowest BCUT2D eigenvalue weighted by Crippen LogP contribution is -2.53. The van der Waals surface area contributed by atoms with Crippen LogP contribution >= 0.6 is 34.8 Å². The zero-order valence-electron chi connectivity index (χ0n) is 10.4. The van der Waals surface area contributed by atoms with Crippen molar-refractivity contribution in [1.29, 1.82) is 0 Å². The fourth-order valence-corrected chi connectivity index (χ4v) is 1.88. The standard InChI is InChI=1S/C13H15Cl3N2O/c1-3-8-17-12(13(14,15)16)18-11(19)10-7-5-4-6-9(10)2/h3-7,12,17H,1,8H2,2H3,(H,18,19). The molecule has 0 aliphatic heterocycles. The number of hydrogen-bond donors (Lipinski definition) is 2. The van der Waals surface area contributed by atoms with Crippen molar-refractivity contribution in [2.45, 2.75) is 16.9 Å². The first-order valence-corrected chi connectivity index (χ1v) is 6.77. The Kier molecular flexibility index (Phi) is 6.14. The SMILES string of the molecule is C=CCNC(NC(=O)c1ccccc1C)C(Cl)(Cl)Cl.